The summed E-state index contributed by atoms with van der Waals surface area (Å²) in [6.07, 6.45) is 2.72. The van der Waals surface area contributed by atoms with Crippen molar-refractivity contribution in [3.05, 3.63) is 23.5 Å². The molecule has 0 aliphatic rings. The summed E-state index contributed by atoms with van der Waals surface area (Å²) in [6, 6.07) is 0. The number of aryl methyl sites for hydroxylation is 1. The third-order valence-electron chi connectivity index (χ3n) is 1.45. The molecule has 1 rings (SSSR count). The summed E-state index contributed by atoms with van der Waals surface area (Å²) < 4.78 is 27.4. The molecule has 78 valence electrons. The molecular weight excluding hydrogens is 270 g/mol. The Morgan fingerprint density at radius 1 is 1.79 bits per heavy atom. The maximum Gasteiger partial charge on any atom is 0.244 e. The number of hydrogen-bond donors (Lipinski definition) is 1. The van der Waals surface area contributed by atoms with Gasteiger partial charge >= 0.3 is 0 Å². The first kappa shape index (κ1) is 11.4. The van der Waals surface area contributed by atoms with Gasteiger partial charge in [-0.3, -0.25) is 4.68 Å². The second-order valence-corrected chi connectivity index (χ2v) is 5.58. The largest absolute Gasteiger partial charge is 0.274 e. The van der Waals surface area contributed by atoms with Crippen molar-refractivity contribution in [1.29, 1.82) is 0 Å². The highest BCUT2D eigenvalue weighted by Crippen LogP contribution is 2.07. The van der Waals surface area contributed by atoms with E-state index in [2.05, 4.69) is 32.3 Å². The molecule has 0 spiro atoms. The topological polar surface area (TPSA) is 64.0 Å². The molecule has 0 bridgehead atoms. The van der Waals surface area contributed by atoms with Gasteiger partial charge in [-0.25, -0.2) is 13.1 Å². The van der Waals surface area contributed by atoms with Crippen LogP contribution in [0.5, 0.6) is 0 Å². The maximum atomic E-state index is 11.5. The van der Waals surface area contributed by atoms with E-state index < -0.39 is 10.0 Å². The Bertz CT molecular complexity index is 438. The number of sulfonamides is 1. The summed E-state index contributed by atoms with van der Waals surface area (Å²) in [4.78, 5) is 0.147. The van der Waals surface area contributed by atoms with Crippen molar-refractivity contribution in [3.8, 4) is 0 Å². The van der Waals surface area contributed by atoms with Gasteiger partial charge in [0, 0.05) is 24.3 Å². The second kappa shape index (κ2) is 4.24. The quantitative estimate of drug-likeness (QED) is 0.878. The van der Waals surface area contributed by atoms with E-state index in [1.807, 2.05) is 0 Å². The molecule has 0 unspecified atom stereocenters. The number of nitrogens with zero attached hydrogens (tertiary/aromatic N) is 2. The Hall–Kier alpha value is -0.660. The van der Waals surface area contributed by atoms with Gasteiger partial charge in [0.05, 0.1) is 6.20 Å². The standard InChI is InChI=1S/C7H10BrN3O2S/c1-6(8)3-10-14(12,13)7-4-9-11(2)5-7/h4-5,10H,1,3H2,2H3. The third-order valence-corrected chi connectivity index (χ3v) is 3.08. The Morgan fingerprint density at radius 2 is 2.43 bits per heavy atom. The molecule has 0 atom stereocenters. The minimum Gasteiger partial charge on any atom is -0.274 e. The molecule has 1 N–H and O–H groups in total. The molecule has 14 heavy (non-hydrogen) atoms. The lowest BCUT2D eigenvalue weighted by molar-refractivity contribution is 0.585. The molecule has 1 aromatic heterocycles. The van der Waals surface area contributed by atoms with Crippen molar-refractivity contribution in [3.63, 3.8) is 0 Å². The maximum absolute atomic E-state index is 11.5. The fraction of sp³-hybridized carbons (Fsp3) is 0.286. The van der Waals surface area contributed by atoms with E-state index >= 15 is 0 Å². The van der Waals surface area contributed by atoms with E-state index in [4.69, 9.17) is 0 Å². The minimum absolute atomic E-state index is 0.147. The highest BCUT2D eigenvalue weighted by Gasteiger charge is 2.14. The zero-order valence-electron chi connectivity index (χ0n) is 7.57. The first-order valence-electron chi connectivity index (χ1n) is 3.73. The first-order valence-corrected chi connectivity index (χ1v) is 6.01. The van der Waals surface area contributed by atoms with Gasteiger partial charge < -0.3 is 0 Å². The molecule has 1 heterocycles. The Kier molecular flexibility index (Phi) is 3.46. The minimum atomic E-state index is -3.46. The van der Waals surface area contributed by atoms with Gasteiger partial charge in [0.25, 0.3) is 0 Å². The van der Waals surface area contributed by atoms with Crippen LogP contribution in [0, 0.1) is 0 Å². The predicted octanol–water partition coefficient (Wildman–Crippen LogP) is 0.607. The fourth-order valence-electron chi connectivity index (χ4n) is 0.794. The lowest BCUT2D eigenvalue weighted by atomic mass is 10.7. The molecule has 0 radical (unpaired) electrons. The van der Waals surface area contributed by atoms with Crippen LogP contribution < -0.4 is 4.72 Å². The van der Waals surface area contributed by atoms with Gasteiger partial charge in [-0.1, -0.05) is 22.5 Å². The third kappa shape index (κ3) is 2.93. The Morgan fingerprint density at radius 3 is 2.86 bits per heavy atom. The monoisotopic (exact) mass is 279 g/mol. The van der Waals surface area contributed by atoms with E-state index in [9.17, 15) is 8.42 Å². The van der Waals surface area contributed by atoms with E-state index in [0.29, 0.717) is 4.48 Å². The van der Waals surface area contributed by atoms with Crippen LogP contribution in [0.15, 0.2) is 28.4 Å². The predicted molar refractivity (Wildman–Crippen MR) is 56.5 cm³/mol. The summed E-state index contributed by atoms with van der Waals surface area (Å²) in [5, 5.41) is 3.77. The Labute approximate surface area is 91.0 Å². The van der Waals surface area contributed by atoms with Crippen molar-refractivity contribution < 1.29 is 8.42 Å². The fourth-order valence-corrected chi connectivity index (χ4v) is 2.13. The molecule has 5 nitrogen and oxygen atoms in total. The van der Waals surface area contributed by atoms with Crippen LogP contribution in [-0.2, 0) is 17.1 Å². The van der Waals surface area contributed by atoms with Crippen LogP contribution in [0.2, 0.25) is 0 Å². The zero-order chi connectivity index (χ0) is 10.8. The van der Waals surface area contributed by atoms with E-state index in [1.54, 1.807) is 7.05 Å². The highest BCUT2D eigenvalue weighted by molar-refractivity contribution is 9.11. The van der Waals surface area contributed by atoms with Gasteiger partial charge in [0.2, 0.25) is 10.0 Å². The van der Waals surface area contributed by atoms with Gasteiger partial charge in [0.1, 0.15) is 4.90 Å². The van der Waals surface area contributed by atoms with Crippen LogP contribution in [0.1, 0.15) is 0 Å². The average molecular weight is 280 g/mol. The van der Waals surface area contributed by atoms with Crippen molar-refractivity contribution in [2.45, 2.75) is 4.90 Å². The molecule has 0 aliphatic heterocycles. The number of hydrogen-bond acceptors (Lipinski definition) is 3. The average Bonchev–Trinajstić information content (AvgIpc) is 2.49. The SMILES string of the molecule is C=C(Br)CNS(=O)(=O)c1cnn(C)c1. The zero-order valence-corrected chi connectivity index (χ0v) is 9.97. The van der Waals surface area contributed by atoms with Gasteiger partial charge in [-0.2, -0.15) is 5.10 Å². The van der Waals surface area contributed by atoms with Crippen molar-refractivity contribution >= 4 is 26.0 Å². The lowest BCUT2D eigenvalue weighted by Crippen LogP contribution is -2.24. The molecule has 1 aromatic rings. The molecule has 0 fully saturated rings. The number of rotatable bonds is 4. The molecular formula is C7H10BrN3O2S. The van der Waals surface area contributed by atoms with E-state index in [-0.39, 0.29) is 11.4 Å². The van der Waals surface area contributed by atoms with Crippen molar-refractivity contribution in [2.24, 2.45) is 7.05 Å². The van der Waals surface area contributed by atoms with E-state index in [0.717, 1.165) is 0 Å². The van der Waals surface area contributed by atoms with Gasteiger partial charge in [-0.15, -0.1) is 0 Å². The van der Waals surface area contributed by atoms with Crippen LogP contribution >= 0.6 is 15.9 Å². The molecule has 7 heteroatoms. The number of aromatic nitrogens is 2. The van der Waals surface area contributed by atoms with Crippen LogP contribution in [0.3, 0.4) is 0 Å². The van der Waals surface area contributed by atoms with Crippen LogP contribution in [-0.4, -0.2) is 24.7 Å². The van der Waals surface area contributed by atoms with Crippen LogP contribution in [0.4, 0.5) is 0 Å². The van der Waals surface area contributed by atoms with Crippen molar-refractivity contribution in [1.82, 2.24) is 14.5 Å². The van der Waals surface area contributed by atoms with Gasteiger partial charge in [-0.05, 0) is 0 Å². The van der Waals surface area contributed by atoms with Crippen LogP contribution in [0.25, 0.3) is 0 Å². The number of halogens is 1. The normalized spacial score (nSPS) is 11.6. The highest BCUT2D eigenvalue weighted by atomic mass is 79.9. The summed E-state index contributed by atoms with van der Waals surface area (Å²) in [5.74, 6) is 0. The summed E-state index contributed by atoms with van der Waals surface area (Å²) in [6.45, 7) is 3.69. The van der Waals surface area contributed by atoms with Crippen molar-refractivity contribution in [2.75, 3.05) is 6.54 Å². The lowest BCUT2D eigenvalue weighted by Gasteiger charge is -2.02. The number of nitrogens with one attached hydrogen (secondary N) is 1. The Balaban J connectivity index is 2.81. The molecule has 0 aromatic carbocycles. The summed E-state index contributed by atoms with van der Waals surface area (Å²) >= 11 is 3.06. The molecule has 0 saturated carbocycles. The summed E-state index contributed by atoms with van der Waals surface area (Å²) in [5.41, 5.74) is 0. The molecule has 0 saturated heterocycles. The first-order chi connectivity index (χ1) is 6.42. The smallest absolute Gasteiger partial charge is 0.244 e. The second-order valence-electron chi connectivity index (χ2n) is 2.69. The van der Waals surface area contributed by atoms with Gasteiger partial charge in [0.15, 0.2) is 0 Å². The molecule has 0 aliphatic carbocycles. The van der Waals surface area contributed by atoms with E-state index in [1.165, 1.54) is 17.1 Å². The molecule has 0 amide bonds. The summed E-state index contributed by atoms with van der Waals surface area (Å²) in [7, 11) is -1.80.